The molecule has 0 fully saturated rings. The quantitative estimate of drug-likeness (QED) is 0.645. The summed E-state index contributed by atoms with van der Waals surface area (Å²) in [5.74, 6) is -0.425. The molecular weight excluding hydrogens is 437 g/mol. The van der Waals surface area contributed by atoms with Crippen LogP contribution in [0.3, 0.4) is 0 Å². The van der Waals surface area contributed by atoms with Crippen molar-refractivity contribution in [1.29, 1.82) is 0 Å². The normalized spacial score (nSPS) is 11.7. The predicted molar refractivity (Wildman–Crippen MR) is 104 cm³/mol. The molecule has 0 spiro atoms. The van der Waals surface area contributed by atoms with E-state index in [4.69, 9.17) is 0 Å². The first-order valence-electron chi connectivity index (χ1n) is 7.99. The summed E-state index contributed by atoms with van der Waals surface area (Å²) in [6.45, 7) is 1.78. The van der Waals surface area contributed by atoms with Gasteiger partial charge in [-0.05, 0) is 64.8 Å². The molecule has 0 saturated heterocycles. The Morgan fingerprint density at radius 3 is 2.37 bits per heavy atom. The monoisotopic (exact) mass is 453 g/mol. The molecular formula is C18H17BrFN3O3S. The highest BCUT2D eigenvalue weighted by Crippen LogP contribution is 2.17. The van der Waals surface area contributed by atoms with Crippen LogP contribution in [0.25, 0.3) is 5.69 Å². The molecule has 142 valence electrons. The third kappa shape index (κ3) is 3.90. The van der Waals surface area contributed by atoms with E-state index in [0.29, 0.717) is 15.7 Å². The number of rotatable bonds is 5. The minimum atomic E-state index is -3.77. The lowest BCUT2D eigenvalue weighted by molar-refractivity contribution is 0.580. The Bertz CT molecular complexity index is 1150. The van der Waals surface area contributed by atoms with E-state index < -0.39 is 15.8 Å². The van der Waals surface area contributed by atoms with E-state index >= 15 is 0 Å². The van der Waals surface area contributed by atoms with Crippen LogP contribution >= 0.6 is 15.9 Å². The van der Waals surface area contributed by atoms with Crippen molar-refractivity contribution in [2.75, 3.05) is 0 Å². The Kier molecular flexibility index (Phi) is 5.36. The fraction of sp³-hybridized carbons (Fsp3) is 0.167. The van der Waals surface area contributed by atoms with Gasteiger partial charge in [0.15, 0.2) is 0 Å². The zero-order chi connectivity index (χ0) is 19.8. The van der Waals surface area contributed by atoms with Crippen LogP contribution in [0.5, 0.6) is 0 Å². The Balaban J connectivity index is 1.84. The van der Waals surface area contributed by atoms with Crippen LogP contribution in [0, 0.1) is 12.7 Å². The van der Waals surface area contributed by atoms with Gasteiger partial charge >= 0.3 is 0 Å². The molecule has 0 saturated carbocycles. The van der Waals surface area contributed by atoms with Gasteiger partial charge in [-0.15, -0.1) is 0 Å². The first kappa shape index (κ1) is 19.5. The maximum absolute atomic E-state index is 13.2. The highest BCUT2D eigenvalue weighted by Gasteiger charge is 2.17. The molecule has 1 heterocycles. The van der Waals surface area contributed by atoms with Gasteiger partial charge in [0.1, 0.15) is 10.3 Å². The molecule has 27 heavy (non-hydrogen) atoms. The zero-order valence-corrected chi connectivity index (χ0v) is 17.0. The van der Waals surface area contributed by atoms with Crippen LogP contribution in [0.1, 0.15) is 11.3 Å². The van der Waals surface area contributed by atoms with Gasteiger partial charge in [0, 0.05) is 13.6 Å². The summed E-state index contributed by atoms with van der Waals surface area (Å²) in [4.78, 5) is 12.4. The van der Waals surface area contributed by atoms with Gasteiger partial charge in [0.2, 0.25) is 10.0 Å². The van der Waals surface area contributed by atoms with Crippen LogP contribution < -0.4 is 10.3 Å². The average molecular weight is 454 g/mol. The summed E-state index contributed by atoms with van der Waals surface area (Å²) >= 11 is 3.26. The van der Waals surface area contributed by atoms with E-state index in [1.54, 1.807) is 36.9 Å². The zero-order valence-electron chi connectivity index (χ0n) is 14.6. The highest BCUT2D eigenvalue weighted by molar-refractivity contribution is 9.10. The lowest BCUT2D eigenvalue weighted by atomic mass is 10.2. The number of aromatic nitrogens is 2. The fourth-order valence-electron chi connectivity index (χ4n) is 2.64. The van der Waals surface area contributed by atoms with E-state index in [1.807, 2.05) is 0 Å². The number of nitrogens with zero attached hydrogens (tertiary/aromatic N) is 2. The second-order valence-electron chi connectivity index (χ2n) is 5.99. The highest BCUT2D eigenvalue weighted by atomic mass is 79.9. The van der Waals surface area contributed by atoms with Crippen LogP contribution in [-0.4, -0.2) is 17.8 Å². The maximum Gasteiger partial charge on any atom is 0.285 e. The Morgan fingerprint density at radius 2 is 1.81 bits per heavy atom. The first-order valence-corrected chi connectivity index (χ1v) is 10.3. The van der Waals surface area contributed by atoms with Gasteiger partial charge < -0.3 is 0 Å². The minimum absolute atomic E-state index is 0.0226. The van der Waals surface area contributed by atoms with Crippen molar-refractivity contribution in [3.63, 3.8) is 0 Å². The SMILES string of the molecule is Cc1c(Br)c(=O)n(-c2ccc(S(=O)(=O)NCc3cccc(F)c3)cc2)n1C. The van der Waals surface area contributed by atoms with Crippen LogP contribution in [0.15, 0.2) is 62.7 Å². The minimum Gasteiger partial charge on any atom is -0.284 e. The lowest BCUT2D eigenvalue weighted by Gasteiger charge is -2.10. The summed E-state index contributed by atoms with van der Waals surface area (Å²) in [6.07, 6.45) is 0. The summed E-state index contributed by atoms with van der Waals surface area (Å²) in [5, 5.41) is 0. The molecule has 3 aromatic rings. The maximum atomic E-state index is 13.2. The number of sulfonamides is 1. The molecule has 0 aliphatic carbocycles. The Hall–Kier alpha value is -2.23. The fourth-order valence-corrected chi connectivity index (χ4v) is 4.08. The van der Waals surface area contributed by atoms with Crippen molar-refractivity contribution in [2.24, 2.45) is 7.05 Å². The molecule has 1 aromatic heterocycles. The van der Waals surface area contributed by atoms with Gasteiger partial charge in [0.25, 0.3) is 5.56 Å². The second kappa shape index (κ2) is 7.41. The molecule has 0 amide bonds. The molecule has 3 rings (SSSR count). The number of benzene rings is 2. The molecule has 0 bridgehead atoms. The number of nitrogens with one attached hydrogen (secondary N) is 1. The average Bonchev–Trinajstić information content (AvgIpc) is 2.83. The molecule has 2 aromatic carbocycles. The van der Waals surface area contributed by atoms with E-state index in [0.717, 1.165) is 5.69 Å². The van der Waals surface area contributed by atoms with Gasteiger partial charge in [-0.3, -0.25) is 9.48 Å². The van der Waals surface area contributed by atoms with Crippen molar-refractivity contribution in [3.8, 4) is 5.69 Å². The summed E-state index contributed by atoms with van der Waals surface area (Å²) in [5.41, 5.74) is 1.59. The first-order chi connectivity index (χ1) is 12.7. The van der Waals surface area contributed by atoms with E-state index in [2.05, 4.69) is 20.7 Å². The number of halogens is 2. The second-order valence-corrected chi connectivity index (χ2v) is 8.55. The topological polar surface area (TPSA) is 73.1 Å². The van der Waals surface area contributed by atoms with Crippen molar-refractivity contribution < 1.29 is 12.8 Å². The molecule has 9 heteroatoms. The number of hydrogen-bond donors (Lipinski definition) is 1. The summed E-state index contributed by atoms with van der Waals surface area (Å²) < 4.78 is 44.1. The van der Waals surface area contributed by atoms with Crippen LogP contribution in [0.4, 0.5) is 4.39 Å². The van der Waals surface area contributed by atoms with Gasteiger partial charge in [-0.1, -0.05) is 12.1 Å². The van der Waals surface area contributed by atoms with Gasteiger partial charge in [-0.25, -0.2) is 22.2 Å². The van der Waals surface area contributed by atoms with Crippen molar-refractivity contribution in [3.05, 3.63) is 80.4 Å². The molecule has 0 unspecified atom stereocenters. The molecule has 0 aliphatic rings. The molecule has 0 aliphatic heterocycles. The number of hydrogen-bond acceptors (Lipinski definition) is 3. The van der Waals surface area contributed by atoms with E-state index in [-0.39, 0.29) is 17.0 Å². The van der Waals surface area contributed by atoms with Crippen molar-refractivity contribution in [2.45, 2.75) is 18.4 Å². The third-order valence-corrected chi connectivity index (χ3v) is 6.56. The smallest absolute Gasteiger partial charge is 0.284 e. The van der Waals surface area contributed by atoms with E-state index in [9.17, 15) is 17.6 Å². The molecule has 1 N–H and O–H groups in total. The molecule has 6 nitrogen and oxygen atoms in total. The van der Waals surface area contributed by atoms with Crippen molar-refractivity contribution >= 4 is 26.0 Å². The van der Waals surface area contributed by atoms with Crippen molar-refractivity contribution in [1.82, 2.24) is 14.1 Å². The van der Waals surface area contributed by atoms with Crippen LogP contribution in [0.2, 0.25) is 0 Å². The predicted octanol–water partition coefficient (Wildman–Crippen LogP) is 2.86. The lowest BCUT2D eigenvalue weighted by Crippen LogP contribution is -2.24. The third-order valence-electron chi connectivity index (χ3n) is 4.23. The summed E-state index contributed by atoms with van der Waals surface area (Å²) in [7, 11) is -2.03. The molecule has 0 atom stereocenters. The Morgan fingerprint density at radius 1 is 1.15 bits per heavy atom. The van der Waals surface area contributed by atoms with Crippen LogP contribution in [-0.2, 0) is 23.6 Å². The van der Waals surface area contributed by atoms with E-state index in [1.165, 1.54) is 35.0 Å². The van der Waals surface area contributed by atoms with Gasteiger partial charge in [-0.2, -0.15) is 0 Å². The standard InChI is InChI=1S/C18H17BrFN3O3S/c1-12-17(19)18(24)23(22(12)2)15-6-8-16(9-7-15)27(25,26)21-11-13-4-3-5-14(20)10-13/h3-10,21H,11H2,1-2H3. The van der Waals surface area contributed by atoms with Gasteiger partial charge in [0.05, 0.1) is 16.3 Å². The molecule has 0 radical (unpaired) electrons. The Labute approximate surface area is 164 Å². The largest absolute Gasteiger partial charge is 0.285 e. The summed E-state index contributed by atoms with van der Waals surface area (Å²) in [6, 6.07) is 11.7.